The SMILES string of the molecule is BrC12CC3CC(CC(C3)C1)C2.C.C1=CCC=C1.C1CCCC1.C1CCCC1.C1CCOC1.CC12CC3CC(CC(C3)C1)C2.[Ni].c1ccc(P(c2ccccc2)c2ccccc2)cc1. The van der Waals surface area contributed by atoms with Crippen molar-refractivity contribution in [3.05, 3.63) is 115 Å². The molecule has 4 heteroatoms. The predicted octanol–water partition coefficient (Wildman–Crippen LogP) is 16.9. The zero-order valence-electron chi connectivity index (χ0n) is 38.6. The summed E-state index contributed by atoms with van der Waals surface area (Å²) >= 11 is 3.96. The smallest absolute Gasteiger partial charge is 0.0466 e. The molecule has 15 rings (SSSR count). The first-order valence-corrected chi connectivity index (χ1v) is 27.6. The van der Waals surface area contributed by atoms with Crippen LogP contribution in [0.1, 0.15) is 175 Å². The first kappa shape index (κ1) is 52.5. The van der Waals surface area contributed by atoms with E-state index in [-0.39, 0.29) is 23.9 Å². The van der Waals surface area contributed by atoms with Crippen molar-refractivity contribution in [3.8, 4) is 0 Å². The molecule has 0 N–H and O–H groups in total. The van der Waals surface area contributed by atoms with Crippen molar-refractivity contribution in [2.24, 2.45) is 40.9 Å². The van der Waals surface area contributed by atoms with E-state index in [0.29, 0.717) is 4.32 Å². The van der Waals surface area contributed by atoms with Gasteiger partial charge in [-0.1, -0.05) is 210 Å². The molecule has 10 saturated carbocycles. The van der Waals surface area contributed by atoms with Crippen LogP contribution in [0.4, 0.5) is 0 Å². The van der Waals surface area contributed by atoms with Crippen molar-refractivity contribution in [2.75, 3.05) is 13.2 Å². The van der Waals surface area contributed by atoms with Crippen LogP contribution in [0.15, 0.2) is 115 Å². The van der Waals surface area contributed by atoms with Gasteiger partial charge in [0, 0.05) is 34.0 Å². The summed E-state index contributed by atoms with van der Waals surface area (Å²) < 4.78 is 5.56. The van der Waals surface area contributed by atoms with Gasteiger partial charge >= 0.3 is 0 Å². The van der Waals surface area contributed by atoms with Gasteiger partial charge in [-0.15, -0.1) is 0 Å². The van der Waals surface area contributed by atoms with E-state index in [1.54, 1.807) is 57.8 Å². The molecular weight excluding hydrogens is 894 g/mol. The number of hydrogen-bond acceptors (Lipinski definition) is 1. The van der Waals surface area contributed by atoms with Crippen molar-refractivity contribution < 1.29 is 21.2 Å². The molecule has 0 radical (unpaired) electrons. The van der Waals surface area contributed by atoms with Crippen LogP contribution >= 0.6 is 23.9 Å². The van der Waals surface area contributed by atoms with E-state index in [1.807, 2.05) is 0 Å². The van der Waals surface area contributed by atoms with Crippen molar-refractivity contribution in [1.82, 2.24) is 0 Å². The second-order valence-electron chi connectivity index (χ2n) is 21.1. The van der Waals surface area contributed by atoms with Crippen LogP contribution in [0.25, 0.3) is 0 Å². The minimum absolute atomic E-state index is 0. The number of halogens is 1. The van der Waals surface area contributed by atoms with Crippen molar-refractivity contribution >= 4 is 39.8 Å². The van der Waals surface area contributed by atoms with E-state index in [9.17, 15) is 0 Å². The van der Waals surface area contributed by atoms with Gasteiger partial charge in [0.2, 0.25) is 0 Å². The fraction of sp³-hybridized carbons (Fsp3) is 0.627. The van der Waals surface area contributed by atoms with Crippen LogP contribution in [0.3, 0.4) is 0 Å². The molecule has 0 spiro atoms. The molecule has 3 aromatic rings. The third kappa shape index (κ3) is 17.6. The summed E-state index contributed by atoms with van der Waals surface area (Å²) in [5.41, 5.74) is 0.800. The van der Waals surface area contributed by atoms with Crippen LogP contribution in [0.2, 0.25) is 0 Å². The Kier molecular flexibility index (Phi) is 23.3. The van der Waals surface area contributed by atoms with Crippen molar-refractivity contribution in [3.63, 3.8) is 0 Å². The molecule has 1 aliphatic heterocycles. The number of hydrogen-bond donors (Lipinski definition) is 0. The quantitative estimate of drug-likeness (QED) is 0.144. The van der Waals surface area contributed by atoms with Crippen LogP contribution in [-0.4, -0.2) is 17.5 Å². The van der Waals surface area contributed by atoms with Gasteiger partial charge in [-0.2, -0.15) is 0 Å². The van der Waals surface area contributed by atoms with Gasteiger partial charge in [0.25, 0.3) is 0 Å². The third-order valence-electron chi connectivity index (χ3n) is 15.3. The first-order valence-electron chi connectivity index (χ1n) is 25.5. The molecule has 0 unspecified atom stereocenters. The minimum atomic E-state index is -0.446. The predicted molar refractivity (Wildman–Crippen MR) is 277 cm³/mol. The number of alkyl halides is 1. The van der Waals surface area contributed by atoms with E-state index in [0.717, 1.165) is 60.6 Å². The van der Waals surface area contributed by atoms with E-state index >= 15 is 0 Å². The molecule has 0 aromatic heterocycles. The summed E-state index contributed by atoms with van der Waals surface area (Å²) in [5.74, 6) is 6.73. The molecule has 0 amide bonds. The summed E-state index contributed by atoms with van der Waals surface area (Å²) in [6, 6.07) is 32.3. The van der Waals surface area contributed by atoms with Gasteiger partial charge in [0.05, 0.1) is 0 Å². The second kappa shape index (κ2) is 28.0. The maximum Gasteiger partial charge on any atom is 0.0466 e. The Bertz CT molecular complexity index is 1430. The number of benzene rings is 3. The number of ether oxygens (including phenoxy) is 1. The summed E-state index contributed by atoms with van der Waals surface area (Å²) in [5, 5.41) is 4.19. The Morgan fingerprint density at radius 3 is 0.937 bits per heavy atom. The van der Waals surface area contributed by atoms with Crippen molar-refractivity contribution in [2.45, 2.75) is 179 Å². The fourth-order valence-corrected chi connectivity index (χ4v) is 17.1. The molecule has 1 saturated heterocycles. The standard InChI is InChI=1S/C18H15P.C11H18.C10H15Br.2C5H10.C5H6.C4H8O.CH4.Ni/c1-4-10-16(11-5-1)19(17-12-6-2-7-13-17)18-14-8-3-9-15-18;1-11-5-8-2-9(6-11)4-10(3-8)7-11;11-10-4-7-1-8(5-10)3-9(2-7)6-10;4*1-2-4-5-3-1;;/h1-15H;8-10H,2-7H2,1H3;7-9H,1-6H2;2*1-5H2;1-4H,5H2;1-4H2;1H4;. The molecule has 0 atom stereocenters. The van der Waals surface area contributed by atoms with E-state index in [2.05, 4.69) is 138 Å². The molecule has 8 bridgehead atoms. The van der Waals surface area contributed by atoms with Crippen LogP contribution in [-0.2, 0) is 21.2 Å². The van der Waals surface area contributed by atoms with Crippen LogP contribution in [0.5, 0.6) is 0 Å². The molecule has 12 aliphatic rings. The van der Waals surface area contributed by atoms with E-state index < -0.39 is 7.92 Å². The molecule has 11 aliphatic carbocycles. The first-order chi connectivity index (χ1) is 29.9. The molecule has 63 heavy (non-hydrogen) atoms. The fourth-order valence-electron chi connectivity index (χ4n) is 13.4. The Morgan fingerprint density at radius 1 is 0.444 bits per heavy atom. The van der Waals surface area contributed by atoms with Crippen molar-refractivity contribution in [1.29, 1.82) is 0 Å². The number of allylic oxidation sites excluding steroid dienone is 4. The molecular formula is C59H86BrNiOP. The topological polar surface area (TPSA) is 9.23 Å². The average Bonchev–Trinajstić information content (AvgIpc) is 4.13. The minimum Gasteiger partial charge on any atom is -0.381 e. The van der Waals surface area contributed by atoms with Crippen LogP contribution < -0.4 is 15.9 Å². The van der Waals surface area contributed by atoms with Gasteiger partial charge in [-0.3, -0.25) is 0 Å². The monoisotopic (exact) mass is 978 g/mol. The maximum atomic E-state index is 4.94. The molecule has 11 fully saturated rings. The Labute approximate surface area is 407 Å². The van der Waals surface area contributed by atoms with Crippen LogP contribution in [0, 0.1) is 40.9 Å². The third-order valence-corrected chi connectivity index (χ3v) is 18.7. The summed E-state index contributed by atoms with van der Waals surface area (Å²) in [6.45, 7) is 4.54. The van der Waals surface area contributed by atoms with E-state index in [1.165, 1.54) is 112 Å². The summed E-state index contributed by atoms with van der Waals surface area (Å²) in [6.07, 6.45) is 45.7. The molecule has 3 aromatic carbocycles. The largest absolute Gasteiger partial charge is 0.381 e. The zero-order chi connectivity index (χ0) is 42.0. The van der Waals surface area contributed by atoms with Gasteiger partial charge in [0.1, 0.15) is 0 Å². The second-order valence-corrected chi connectivity index (χ2v) is 25.0. The zero-order valence-corrected chi connectivity index (χ0v) is 42.0. The Hall–Kier alpha value is -1.50. The van der Waals surface area contributed by atoms with E-state index in [4.69, 9.17) is 4.74 Å². The van der Waals surface area contributed by atoms with Gasteiger partial charge in [-0.05, 0) is 161 Å². The van der Waals surface area contributed by atoms with Gasteiger partial charge < -0.3 is 4.74 Å². The molecule has 350 valence electrons. The number of rotatable bonds is 3. The molecule has 1 heterocycles. The van der Waals surface area contributed by atoms with Gasteiger partial charge in [0.15, 0.2) is 0 Å². The maximum absolute atomic E-state index is 4.94. The Balaban J connectivity index is 0.000000148. The summed E-state index contributed by atoms with van der Waals surface area (Å²) in [4.78, 5) is 0. The normalized spacial score (nSPS) is 31.3. The summed E-state index contributed by atoms with van der Waals surface area (Å²) in [7, 11) is -0.446. The average molecular weight is 981 g/mol. The van der Waals surface area contributed by atoms with Gasteiger partial charge in [-0.25, -0.2) is 0 Å². The molecule has 1 nitrogen and oxygen atoms in total. The Morgan fingerprint density at radius 2 is 0.730 bits per heavy atom.